The van der Waals surface area contributed by atoms with Crippen LogP contribution in [0.2, 0.25) is 0 Å². The van der Waals surface area contributed by atoms with Crippen LogP contribution in [0.25, 0.3) is 0 Å². The van der Waals surface area contributed by atoms with E-state index < -0.39 is 5.97 Å². The summed E-state index contributed by atoms with van der Waals surface area (Å²) in [6.45, 7) is 2.84. The summed E-state index contributed by atoms with van der Waals surface area (Å²) in [5.41, 5.74) is 6.12. The van der Waals surface area contributed by atoms with Gasteiger partial charge in [0.05, 0.1) is 7.11 Å². The highest BCUT2D eigenvalue weighted by Gasteiger charge is 2.37. The Morgan fingerprint density at radius 2 is 2.37 bits per heavy atom. The van der Waals surface area contributed by atoms with Crippen molar-refractivity contribution in [2.45, 2.75) is 18.9 Å². The highest BCUT2D eigenvalue weighted by Crippen LogP contribution is 2.31. The van der Waals surface area contributed by atoms with Crippen LogP contribution in [0, 0.1) is 5.92 Å². The number of fused-ring (bicyclic) bond motifs is 1. The summed E-state index contributed by atoms with van der Waals surface area (Å²) < 4.78 is 4.77. The molecule has 0 amide bonds. The van der Waals surface area contributed by atoms with Gasteiger partial charge in [0.25, 0.3) is 0 Å². The molecule has 2 aliphatic heterocycles. The molecule has 2 saturated heterocycles. The van der Waals surface area contributed by atoms with Crippen molar-refractivity contribution < 1.29 is 9.53 Å². The number of carbonyl (C=O) groups excluding carboxylic acids is 1. The van der Waals surface area contributed by atoms with Crippen LogP contribution in [0.1, 0.15) is 23.2 Å². The van der Waals surface area contributed by atoms with Gasteiger partial charge < -0.3 is 20.7 Å². The Balaban J connectivity index is 1.85. The summed E-state index contributed by atoms with van der Waals surface area (Å²) >= 11 is 0. The average Bonchev–Trinajstić information content (AvgIpc) is 3.00. The van der Waals surface area contributed by atoms with Crippen LogP contribution < -0.4 is 16.0 Å². The van der Waals surface area contributed by atoms with E-state index in [1.54, 1.807) is 0 Å². The number of nitrogen functional groups attached to an aromatic ring is 1. The van der Waals surface area contributed by atoms with E-state index in [0.29, 0.717) is 23.3 Å². The number of nitrogens with two attached hydrogens (primary N) is 1. The molecule has 3 heterocycles. The first-order valence-electron chi connectivity index (χ1n) is 6.61. The number of hydrogen-bond acceptors (Lipinski definition) is 6. The summed E-state index contributed by atoms with van der Waals surface area (Å²) in [5.74, 6) is 1.06. The van der Waals surface area contributed by atoms with Crippen LogP contribution in [0.4, 0.5) is 11.6 Å². The van der Waals surface area contributed by atoms with Crippen molar-refractivity contribution in [3.05, 3.63) is 5.56 Å². The molecular formula is C12H19N5O2. The van der Waals surface area contributed by atoms with Gasteiger partial charge in [0, 0.05) is 19.1 Å². The van der Waals surface area contributed by atoms with E-state index in [2.05, 4.69) is 20.4 Å². The fourth-order valence-corrected chi connectivity index (χ4v) is 3.10. The number of methoxy groups -OCH3 is 1. The number of esters is 1. The molecule has 4 N–H and O–H groups in total. The standard InChI is InChI=1S/C12H19N5O2/c1-19-12(18)9-10(13)15-16-11(9)17-5-7-3-2-4-14-8(7)6-17/h7-8,14H,2-6H2,1H3,(H3,13,15,16). The zero-order valence-corrected chi connectivity index (χ0v) is 11.0. The number of rotatable bonds is 2. The smallest absolute Gasteiger partial charge is 0.345 e. The topological polar surface area (TPSA) is 96.3 Å². The summed E-state index contributed by atoms with van der Waals surface area (Å²) in [4.78, 5) is 13.9. The number of aromatic amines is 1. The number of carbonyl (C=O) groups is 1. The fraction of sp³-hybridized carbons (Fsp3) is 0.667. The first-order valence-corrected chi connectivity index (χ1v) is 6.61. The molecule has 0 spiro atoms. The lowest BCUT2D eigenvalue weighted by molar-refractivity contribution is 0.0602. The van der Waals surface area contributed by atoms with Gasteiger partial charge in [0.2, 0.25) is 0 Å². The van der Waals surface area contributed by atoms with Gasteiger partial charge in [-0.1, -0.05) is 0 Å². The number of nitrogens with zero attached hydrogens (tertiary/aromatic N) is 2. The Bertz CT molecular complexity index is 472. The van der Waals surface area contributed by atoms with Crippen molar-refractivity contribution in [2.75, 3.05) is 37.4 Å². The van der Waals surface area contributed by atoms with Crippen LogP contribution in [-0.2, 0) is 4.74 Å². The van der Waals surface area contributed by atoms with Crippen LogP contribution in [0.15, 0.2) is 0 Å². The maximum absolute atomic E-state index is 11.8. The number of nitrogens with one attached hydrogen (secondary N) is 2. The van der Waals surface area contributed by atoms with E-state index in [0.717, 1.165) is 19.6 Å². The predicted octanol–water partition coefficient (Wildman–Crippen LogP) is -0.0333. The third-order valence-electron chi connectivity index (χ3n) is 4.06. The van der Waals surface area contributed by atoms with Crippen molar-refractivity contribution >= 4 is 17.6 Å². The largest absolute Gasteiger partial charge is 0.465 e. The Labute approximate surface area is 111 Å². The lowest BCUT2D eigenvalue weighted by atomic mass is 9.94. The van der Waals surface area contributed by atoms with Gasteiger partial charge in [-0.15, -0.1) is 0 Å². The molecule has 2 atom stereocenters. The molecule has 7 nitrogen and oxygen atoms in total. The van der Waals surface area contributed by atoms with Crippen LogP contribution in [0.5, 0.6) is 0 Å². The molecular weight excluding hydrogens is 246 g/mol. The number of aromatic nitrogens is 2. The van der Waals surface area contributed by atoms with E-state index in [9.17, 15) is 4.79 Å². The van der Waals surface area contributed by atoms with Crippen LogP contribution in [-0.4, -0.2) is 49.0 Å². The number of hydrogen-bond donors (Lipinski definition) is 3. The molecule has 0 bridgehead atoms. The van der Waals surface area contributed by atoms with E-state index in [1.165, 1.54) is 20.0 Å². The number of anilines is 2. The first-order chi connectivity index (χ1) is 9.20. The molecule has 3 rings (SSSR count). The van der Waals surface area contributed by atoms with Gasteiger partial charge >= 0.3 is 5.97 Å². The van der Waals surface area contributed by atoms with Gasteiger partial charge in [-0.25, -0.2) is 4.79 Å². The highest BCUT2D eigenvalue weighted by atomic mass is 16.5. The number of H-pyrrole nitrogens is 1. The Hall–Kier alpha value is -1.76. The second kappa shape index (κ2) is 4.73. The molecule has 1 aromatic rings. The minimum atomic E-state index is -0.441. The van der Waals surface area contributed by atoms with E-state index >= 15 is 0 Å². The predicted molar refractivity (Wildman–Crippen MR) is 71.1 cm³/mol. The lowest BCUT2D eigenvalue weighted by Gasteiger charge is -2.24. The summed E-state index contributed by atoms with van der Waals surface area (Å²) in [5, 5.41) is 10.4. The maximum atomic E-state index is 11.8. The molecule has 0 aliphatic carbocycles. The SMILES string of the molecule is COC(=O)c1c(N2CC3CCCNC3C2)n[nH]c1N. The van der Waals surface area contributed by atoms with Crippen molar-refractivity contribution in [1.29, 1.82) is 0 Å². The van der Waals surface area contributed by atoms with Gasteiger partial charge in [0.1, 0.15) is 11.4 Å². The number of piperidine rings is 1. The van der Waals surface area contributed by atoms with E-state index in [1.807, 2.05) is 0 Å². The van der Waals surface area contributed by atoms with E-state index in [4.69, 9.17) is 10.5 Å². The van der Waals surface area contributed by atoms with Gasteiger partial charge in [0.15, 0.2) is 5.82 Å². The molecule has 7 heteroatoms. The van der Waals surface area contributed by atoms with Crippen molar-refractivity contribution in [3.63, 3.8) is 0 Å². The third kappa shape index (κ3) is 2.03. The zero-order valence-electron chi connectivity index (χ0n) is 11.0. The third-order valence-corrected chi connectivity index (χ3v) is 4.06. The van der Waals surface area contributed by atoms with Gasteiger partial charge in [-0.3, -0.25) is 5.10 Å². The van der Waals surface area contributed by atoms with Crippen molar-refractivity contribution in [1.82, 2.24) is 15.5 Å². The molecule has 0 radical (unpaired) electrons. The molecule has 0 saturated carbocycles. The minimum Gasteiger partial charge on any atom is -0.465 e. The Morgan fingerprint density at radius 1 is 1.53 bits per heavy atom. The van der Waals surface area contributed by atoms with Crippen LogP contribution >= 0.6 is 0 Å². The second-order valence-electron chi connectivity index (χ2n) is 5.20. The molecule has 2 fully saturated rings. The first kappa shape index (κ1) is 12.3. The fourth-order valence-electron chi connectivity index (χ4n) is 3.10. The quantitative estimate of drug-likeness (QED) is 0.650. The Kier molecular flexibility index (Phi) is 3.06. The van der Waals surface area contributed by atoms with Gasteiger partial charge in [-0.05, 0) is 25.3 Å². The molecule has 2 unspecified atom stereocenters. The molecule has 2 aliphatic rings. The molecule has 104 valence electrons. The second-order valence-corrected chi connectivity index (χ2v) is 5.20. The van der Waals surface area contributed by atoms with E-state index in [-0.39, 0.29) is 5.82 Å². The lowest BCUT2D eigenvalue weighted by Crippen LogP contribution is -2.40. The zero-order chi connectivity index (χ0) is 13.4. The molecule has 19 heavy (non-hydrogen) atoms. The normalized spacial score (nSPS) is 26.3. The average molecular weight is 265 g/mol. The van der Waals surface area contributed by atoms with Crippen molar-refractivity contribution in [2.24, 2.45) is 5.92 Å². The maximum Gasteiger partial charge on any atom is 0.345 e. The molecule has 1 aromatic heterocycles. The monoisotopic (exact) mass is 265 g/mol. The van der Waals surface area contributed by atoms with Crippen LogP contribution in [0.3, 0.4) is 0 Å². The summed E-state index contributed by atoms with van der Waals surface area (Å²) in [6.07, 6.45) is 2.43. The van der Waals surface area contributed by atoms with Gasteiger partial charge in [-0.2, -0.15) is 5.10 Å². The molecule has 0 aromatic carbocycles. The Morgan fingerprint density at radius 3 is 3.11 bits per heavy atom. The minimum absolute atomic E-state index is 0.268. The number of ether oxygens (including phenoxy) is 1. The summed E-state index contributed by atoms with van der Waals surface area (Å²) in [7, 11) is 1.35. The highest BCUT2D eigenvalue weighted by molar-refractivity contribution is 5.99. The summed E-state index contributed by atoms with van der Waals surface area (Å²) in [6, 6.07) is 0.483. The van der Waals surface area contributed by atoms with Crippen molar-refractivity contribution in [3.8, 4) is 0 Å².